The SMILES string of the molecule is NC1CC(C(=O)N2CCN(c3ncc(C(F)(F)F)cc3-c3ncon3)CC2)C1. The fraction of sp³-hybridized carbons (Fsp3) is 0.529. The van der Waals surface area contributed by atoms with E-state index in [0.29, 0.717) is 44.8 Å². The summed E-state index contributed by atoms with van der Waals surface area (Å²) < 4.78 is 44.0. The van der Waals surface area contributed by atoms with Crippen LogP contribution >= 0.6 is 0 Å². The number of carbonyl (C=O) groups excluding carboxylic acids is 1. The molecule has 0 unspecified atom stereocenters. The highest BCUT2D eigenvalue weighted by Gasteiger charge is 2.37. The van der Waals surface area contributed by atoms with Crippen molar-refractivity contribution in [3.05, 3.63) is 24.2 Å². The molecule has 2 aromatic heterocycles. The van der Waals surface area contributed by atoms with Crippen molar-refractivity contribution in [3.63, 3.8) is 0 Å². The molecule has 8 nitrogen and oxygen atoms in total. The lowest BCUT2D eigenvalue weighted by Crippen LogP contribution is -2.53. The number of alkyl halides is 3. The molecule has 1 amide bonds. The van der Waals surface area contributed by atoms with Crippen LogP contribution in [0.15, 0.2) is 23.2 Å². The van der Waals surface area contributed by atoms with Gasteiger partial charge >= 0.3 is 6.18 Å². The van der Waals surface area contributed by atoms with Crippen LogP contribution < -0.4 is 10.6 Å². The number of carbonyl (C=O) groups is 1. The average molecular weight is 396 g/mol. The molecule has 150 valence electrons. The van der Waals surface area contributed by atoms with Crippen LogP contribution in [0.2, 0.25) is 0 Å². The fourth-order valence-corrected chi connectivity index (χ4v) is 3.58. The molecule has 28 heavy (non-hydrogen) atoms. The maximum absolute atomic E-state index is 13.1. The molecule has 2 fully saturated rings. The van der Waals surface area contributed by atoms with Gasteiger partial charge in [-0.15, -0.1) is 0 Å². The fourth-order valence-electron chi connectivity index (χ4n) is 3.58. The van der Waals surface area contributed by atoms with Gasteiger partial charge in [-0.05, 0) is 18.9 Å². The number of nitrogens with two attached hydrogens (primary N) is 1. The van der Waals surface area contributed by atoms with Crippen LogP contribution in [0.5, 0.6) is 0 Å². The Balaban J connectivity index is 1.52. The molecule has 2 aliphatic rings. The lowest BCUT2D eigenvalue weighted by molar-refractivity contribution is -0.139. The number of halogens is 3. The van der Waals surface area contributed by atoms with E-state index in [-0.39, 0.29) is 29.3 Å². The molecule has 0 aromatic carbocycles. The predicted octanol–water partition coefficient (Wildman–Crippen LogP) is 1.54. The van der Waals surface area contributed by atoms with Crippen molar-refractivity contribution in [1.29, 1.82) is 0 Å². The van der Waals surface area contributed by atoms with Crippen LogP contribution in [-0.2, 0) is 11.0 Å². The molecular weight excluding hydrogens is 377 g/mol. The van der Waals surface area contributed by atoms with Crippen molar-refractivity contribution in [3.8, 4) is 11.4 Å². The van der Waals surface area contributed by atoms with E-state index < -0.39 is 11.7 Å². The number of nitrogens with zero attached hydrogens (tertiary/aromatic N) is 5. The average Bonchev–Trinajstić information content (AvgIpc) is 3.18. The molecular formula is C17H19F3N6O2. The molecule has 1 saturated heterocycles. The topological polar surface area (TPSA) is 101 Å². The first-order valence-corrected chi connectivity index (χ1v) is 8.96. The minimum Gasteiger partial charge on any atom is -0.352 e. The molecule has 0 bridgehead atoms. The zero-order chi connectivity index (χ0) is 19.9. The number of rotatable bonds is 3. The van der Waals surface area contributed by atoms with E-state index in [1.54, 1.807) is 4.90 Å². The van der Waals surface area contributed by atoms with Crippen LogP contribution in [-0.4, -0.2) is 58.2 Å². The molecule has 0 spiro atoms. The van der Waals surface area contributed by atoms with E-state index in [4.69, 9.17) is 5.73 Å². The third-order valence-corrected chi connectivity index (χ3v) is 5.21. The number of hydrogen-bond acceptors (Lipinski definition) is 7. The molecule has 3 heterocycles. The number of anilines is 1. The van der Waals surface area contributed by atoms with Gasteiger partial charge in [0.25, 0.3) is 0 Å². The largest absolute Gasteiger partial charge is 0.417 e. The van der Waals surface area contributed by atoms with E-state index in [2.05, 4.69) is 19.6 Å². The summed E-state index contributed by atoms with van der Waals surface area (Å²) in [4.78, 5) is 24.0. The van der Waals surface area contributed by atoms with Crippen LogP contribution in [0, 0.1) is 5.92 Å². The van der Waals surface area contributed by atoms with Gasteiger partial charge in [-0.2, -0.15) is 18.2 Å². The van der Waals surface area contributed by atoms with Crippen molar-refractivity contribution < 1.29 is 22.5 Å². The molecule has 2 N–H and O–H groups in total. The molecule has 0 atom stereocenters. The van der Waals surface area contributed by atoms with Gasteiger partial charge in [-0.1, -0.05) is 5.16 Å². The van der Waals surface area contributed by atoms with Gasteiger partial charge in [-0.25, -0.2) is 4.98 Å². The van der Waals surface area contributed by atoms with Crippen molar-refractivity contribution >= 4 is 11.7 Å². The standard InChI is InChI=1S/C17H19F3N6O2/c18-17(19,20)11-7-13(14-23-9-28-24-14)15(22-8-11)25-1-3-26(4-2-25)16(27)10-5-12(21)6-10/h7-10,12H,1-6,21H2. The third-order valence-electron chi connectivity index (χ3n) is 5.21. The number of piperazine rings is 1. The van der Waals surface area contributed by atoms with E-state index >= 15 is 0 Å². The summed E-state index contributed by atoms with van der Waals surface area (Å²) in [5, 5.41) is 3.66. The summed E-state index contributed by atoms with van der Waals surface area (Å²) in [5.41, 5.74) is 5.02. The first kappa shape index (κ1) is 18.7. The summed E-state index contributed by atoms with van der Waals surface area (Å²) >= 11 is 0. The van der Waals surface area contributed by atoms with Crippen LogP contribution in [0.1, 0.15) is 18.4 Å². The maximum atomic E-state index is 13.1. The second-order valence-corrected chi connectivity index (χ2v) is 7.09. The van der Waals surface area contributed by atoms with E-state index in [1.165, 1.54) is 0 Å². The van der Waals surface area contributed by atoms with Crippen molar-refractivity contribution in [1.82, 2.24) is 20.0 Å². The normalized spacial score (nSPS) is 22.9. The summed E-state index contributed by atoms with van der Waals surface area (Å²) in [5.74, 6) is 0.462. The Labute approximate surface area is 158 Å². The minimum absolute atomic E-state index is 0.0133. The van der Waals surface area contributed by atoms with Crippen molar-refractivity contribution in [2.24, 2.45) is 11.7 Å². The Morgan fingerprint density at radius 3 is 2.46 bits per heavy atom. The Hall–Kier alpha value is -2.69. The molecule has 0 radical (unpaired) electrons. The first-order chi connectivity index (χ1) is 13.3. The lowest BCUT2D eigenvalue weighted by Gasteiger charge is -2.40. The molecule has 4 rings (SSSR count). The Bertz CT molecular complexity index is 843. The smallest absolute Gasteiger partial charge is 0.352 e. The van der Waals surface area contributed by atoms with E-state index in [0.717, 1.165) is 18.7 Å². The van der Waals surface area contributed by atoms with Gasteiger partial charge in [0.1, 0.15) is 5.82 Å². The predicted molar refractivity (Wildman–Crippen MR) is 92.0 cm³/mol. The van der Waals surface area contributed by atoms with Gasteiger partial charge < -0.3 is 20.1 Å². The zero-order valence-electron chi connectivity index (χ0n) is 14.9. The van der Waals surface area contributed by atoms with Crippen LogP contribution in [0.3, 0.4) is 0 Å². The second-order valence-electron chi connectivity index (χ2n) is 7.09. The third kappa shape index (κ3) is 3.53. The molecule has 1 aliphatic heterocycles. The maximum Gasteiger partial charge on any atom is 0.417 e. The zero-order valence-corrected chi connectivity index (χ0v) is 14.9. The van der Waals surface area contributed by atoms with Gasteiger partial charge in [0.15, 0.2) is 0 Å². The lowest BCUT2D eigenvalue weighted by atomic mass is 9.80. The van der Waals surface area contributed by atoms with Gasteiger partial charge in [0.05, 0.1) is 11.1 Å². The van der Waals surface area contributed by atoms with Crippen LogP contribution in [0.25, 0.3) is 11.4 Å². The van der Waals surface area contributed by atoms with Crippen molar-refractivity contribution in [2.75, 3.05) is 31.1 Å². The first-order valence-electron chi connectivity index (χ1n) is 8.96. The highest BCUT2D eigenvalue weighted by Crippen LogP contribution is 2.35. The Kier molecular flexibility index (Phi) is 4.69. The molecule has 1 aliphatic carbocycles. The van der Waals surface area contributed by atoms with Gasteiger partial charge in [0.2, 0.25) is 18.1 Å². The summed E-state index contributed by atoms with van der Waals surface area (Å²) in [6.45, 7) is 1.85. The quantitative estimate of drug-likeness (QED) is 0.840. The van der Waals surface area contributed by atoms with Gasteiger partial charge in [0, 0.05) is 44.3 Å². The number of aromatic nitrogens is 3. The Morgan fingerprint density at radius 2 is 1.89 bits per heavy atom. The molecule has 11 heteroatoms. The highest BCUT2D eigenvalue weighted by atomic mass is 19.4. The number of hydrogen-bond donors (Lipinski definition) is 1. The Morgan fingerprint density at radius 1 is 1.18 bits per heavy atom. The van der Waals surface area contributed by atoms with E-state index in [1.807, 2.05) is 4.90 Å². The van der Waals surface area contributed by atoms with E-state index in [9.17, 15) is 18.0 Å². The summed E-state index contributed by atoms with van der Waals surface area (Å²) in [6, 6.07) is 1.07. The minimum atomic E-state index is -4.53. The second kappa shape index (κ2) is 7.04. The van der Waals surface area contributed by atoms with Gasteiger partial charge in [-0.3, -0.25) is 4.79 Å². The molecule has 1 saturated carbocycles. The monoisotopic (exact) mass is 396 g/mol. The number of amides is 1. The summed E-state index contributed by atoms with van der Waals surface area (Å²) in [6.07, 6.45) is -1.26. The highest BCUT2D eigenvalue weighted by molar-refractivity contribution is 5.80. The molecule has 2 aromatic rings. The summed E-state index contributed by atoms with van der Waals surface area (Å²) in [7, 11) is 0. The van der Waals surface area contributed by atoms with Crippen LogP contribution in [0.4, 0.5) is 19.0 Å². The van der Waals surface area contributed by atoms with Crippen molar-refractivity contribution in [2.45, 2.75) is 25.1 Å². The number of pyridine rings is 1.